The van der Waals surface area contributed by atoms with E-state index in [1.807, 2.05) is 12.1 Å². The number of hydrogen-bond acceptors (Lipinski definition) is 4. The summed E-state index contributed by atoms with van der Waals surface area (Å²) in [7, 11) is 1.56. The van der Waals surface area contributed by atoms with Crippen LogP contribution in [0.15, 0.2) is 18.2 Å². The summed E-state index contributed by atoms with van der Waals surface area (Å²) < 4.78 is 5.18. The highest BCUT2D eigenvalue weighted by Gasteiger charge is 2.35. The van der Waals surface area contributed by atoms with Crippen LogP contribution >= 0.6 is 0 Å². The van der Waals surface area contributed by atoms with Crippen LogP contribution < -0.4 is 10.1 Å². The van der Waals surface area contributed by atoms with Gasteiger partial charge in [-0.2, -0.15) is 5.26 Å². The molecule has 0 aliphatic heterocycles. The van der Waals surface area contributed by atoms with E-state index < -0.39 is 0 Å². The van der Waals surface area contributed by atoms with Crippen LogP contribution in [0.25, 0.3) is 0 Å². The fourth-order valence-electron chi connectivity index (χ4n) is 2.22. The van der Waals surface area contributed by atoms with Gasteiger partial charge in [-0.05, 0) is 37.0 Å². The zero-order valence-electron chi connectivity index (χ0n) is 10.6. The van der Waals surface area contributed by atoms with E-state index in [4.69, 9.17) is 10.00 Å². The maximum atomic E-state index is 9.37. The summed E-state index contributed by atoms with van der Waals surface area (Å²) in [5.74, 6) is 0.600. The van der Waals surface area contributed by atoms with E-state index in [0.29, 0.717) is 17.9 Å². The molecule has 4 nitrogen and oxygen atoms in total. The molecular weight excluding hydrogens is 228 g/mol. The number of nitrogens with one attached hydrogen (secondary N) is 1. The number of ether oxygens (including phenoxy) is 1. The molecule has 0 unspecified atom stereocenters. The second kappa shape index (κ2) is 5.38. The maximum absolute atomic E-state index is 9.37. The van der Waals surface area contributed by atoms with E-state index in [0.717, 1.165) is 18.4 Å². The summed E-state index contributed by atoms with van der Waals surface area (Å²) in [6, 6.07) is 7.65. The Morgan fingerprint density at radius 2 is 2.28 bits per heavy atom. The predicted octanol–water partition coefficient (Wildman–Crippen LogP) is 1.57. The summed E-state index contributed by atoms with van der Waals surface area (Å²) in [6.45, 7) is 0.864. The minimum atomic E-state index is -0.0961. The third-order valence-electron chi connectivity index (χ3n) is 3.67. The Morgan fingerprint density at radius 1 is 1.50 bits per heavy atom. The van der Waals surface area contributed by atoms with Crippen molar-refractivity contribution in [2.24, 2.45) is 0 Å². The molecule has 0 spiro atoms. The smallest absolute Gasteiger partial charge is 0.136 e. The SMILES string of the molecule is COc1cc(CNC2(CO)CCC2)ccc1C#N. The van der Waals surface area contributed by atoms with Gasteiger partial charge < -0.3 is 15.2 Å². The third-order valence-corrected chi connectivity index (χ3v) is 3.67. The minimum absolute atomic E-state index is 0.0961. The fraction of sp³-hybridized carbons (Fsp3) is 0.500. The number of aliphatic hydroxyl groups excluding tert-OH is 1. The molecule has 2 rings (SSSR count). The van der Waals surface area contributed by atoms with Crippen molar-refractivity contribution in [3.05, 3.63) is 29.3 Å². The molecule has 0 bridgehead atoms. The van der Waals surface area contributed by atoms with Crippen molar-refractivity contribution in [1.29, 1.82) is 5.26 Å². The third kappa shape index (κ3) is 2.47. The second-order valence-electron chi connectivity index (χ2n) is 4.79. The molecule has 4 heteroatoms. The molecule has 0 aromatic heterocycles. The summed E-state index contributed by atoms with van der Waals surface area (Å²) in [5.41, 5.74) is 1.51. The van der Waals surface area contributed by atoms with Crippen LogP contribution in [0.2, 0.25) is 0 Å². The molecule has 1 aromatic carbocycles. The van der Waals surface area contributed by atoms with Gasteiger partial charge in [-0.3, -0.25) is 0 Å². The molecule has 0 heterocycles. The molecule has 1 saturated carbocycles. The predicted molar refractivity (Wildman–Crippen MR) is 68.2 cm³/mol. The van der Waals surface area contributed by atoms with Gasteiger partial charge >= 0.3 is 0 Å². The van der Waals surface area contributed by atoms with Gasteiger partial charge in [0.05, 0.1) is 19.3 Å². The van der Waals surface area contributed by atoms with Crippen molar-refractivity contribution in [1.82, 2.24) is 5.32 Å². The van der Waals surface area contributed by atoms with Crippen LogP contribution in [0.5, 0.6) is 5.75 Å². The molecule has 0 radical (unpaired) electrons. The van der Waals surface area contributed by atoms with Crippen molar-refractivity contribution in [2.45, 2.75) is 31.3 Å². The molecule has 2 N–H and O–H groups in total. The summed E-state index contributed by atoms with van der Waals surface area (Å²) >= 11 is 0. The summed E-state index contributed by atoms with van der Waals surface area (Å²) in [6.07, 6.45) is 3.22. The molecular formula is C14H18N2O2. The van der Waals surface area contributed by atoms with Crippen LogP contribution in [-0.4, -0.2) is 24.4 Å². The largest absolute Gasteiger partial charge is 0.495 e. The number of benzene rings is 1. The quantitative estimate of drug-likeness (QED) is 0.827. The van der Waals surface area contributed by atoms with E-state index in [9.17, 15) is 5.11 Å². The molecule has 96 valence electrons. The first-order chi connectivity index (χ1) is 8.73. The lowest BCUT2D eigenvalue weighted by Crippen LogP contribution is -2.53. The number of nitriles is 1. The van der Waals surface area contributed by atoms with Crippen molar-refractivity contribution in [3.63, 3.8) is 0 Å². The number of hydrogen-bond donors (Lipinski definition) is 2. The van der Waals surface area contributed by atoms with E-state index in [-0.39, 0.29) is 12.1 Å². The average Bonchev–Trinajstić information content (AvgIpc) is 2.37. The molecule has 1 aromatic rings. The molecule has 0 atom stereocenters. The summed E-state index contributed by atoms with van der Waals surface area (Å²) in [4.78, 5) is 0. The van der Waals surface area contributed by atoms with E-state index >= 15 is 0 Å². The zero-order chi connectivity index (χ0) is 13.0. The van der Waals surface area contributed by atoms with Crippen molar-refractivity contribution >= 4 is 0 Å². The first-order valence-electron chi connectivity index (χ1n) is 6.16. The normalized spacial score (nSPS) is 16.7. The Hall–Kier alpha value is -1.57. The molecule has 18 heavy (non-hydrogen) atoms. The van der Waals surface area contributed by atoms with Gasteiger partial charge in [0, 0.05) is 12.1 Å². The fourth-order valence-corrected chi connectivity index (χ4v) is 2.22. The van der Waals surface area contributed by atoms with Crippen LogP contribution in [0.4, 0.5) is 0 Å². The number of rotatable bonds is 5. The van der Waals surface area contributed by atoms with Gasteiger partial charge in [0.15, 0.2) is 0 Å². The van der Waals surface area contributed by atoms with Crippen LogP contribution in [0, 0.1) is 11.3 Å². The van der Waals surface area contributed by atoms with Gasteiger partial charge in [-0.1, -0.05) is 6.07 Å². The van der Waals surface area contributed by atoms with E-state index in [2.05, 4.69) is 11.4 Å². The maximum Gasteiger partial charge on any atom is 0.136 e. The topological polar surface area (TPSA) is 65.3 Å². The lowest BCUT2D eigenvalue weighted by molar-refractivity contribution is 0.0872. The monoisotopic (exact) mass is 246 g/mol. The highest BCUT2D eigenvalue weighted by atomic mass is 16.5. The standard InChI is InChI=1S/C14H18N2O2/c1-18-13-7-11(3-4-12(13)8-15)9-16-14(10-17)5-2-6-14/h3-4,7,16-17H,2,5-6,9-10H2,1H3. The first kappa shape index (κ1) is 12.9. The first-order valence-corrected chi connectivity index (χ1v) is 6.16. The Morgan fingerprint density at radius 3 is 2.78 bits per heavy atom. The van der Waals surface area contributed by atoms with Crippen molar-refractivity contribution < 1.29 is 9.84 Å². The van der Waals surface area contributed by atoms with Gasteiger partial charge in [0.1, 0.15) is 11.8 Å². The van der Waals surface area contributed by atoms with Gasteiger partial charge in [0.25, 0.3) is 0 Å². The molecule has 1 fully saturated rings. The van der Waals surface area contributed by atoms with Crippen molar-refractivity contribution in [3.8, 4) is 11.8 Å². The highest BCUT2D eigenvalue weighted by molar-refractivity contribution is 5.45. The number of methoxy groups -OCH3 is 1. The molecule has 1 aliphatic rings. The molecule has 1 aliphatic carbocycles. The van der Waals surface area contributed by atoms with Crippen LogP contribution in [0.3, 0.4) is 0 Å². The Kier molecular flexibility index (Phi) is 3.85. The highest BCUT2D eigenvalue weighted by Crippen LogP contribution is 2.31. The minimum Gasteiger partial charge on any atom is -0.495 e. The van der Waals surface area contributed by atoms with Gasteiger partial charge in [-0.15, -0.1) is 0 Å². The lowest BCUT2D eigenvalue weighted by atomic mass is 9.77. The average molecular weight is 246 g/mol. The van der Waals surface area contributed by atoms with Crippen molar-refractivity contribution in [2.75, 3.05) is 13.7 Å². The number of aliphatic hydroxyl groups is 1. The van der Waals surface area contributed by atoms with Crippen LogP contribution in [-0.2, 0) is 6.54 Å². The Bertz CT molecular complexity index is 456. The summed E-state index contributed by atoms with van der Waals surface area (Å²) in [5, 5.41) is 21.7. The van der Waals surface area contributed by atoms with Gasteiger partial charge in [0.2, 0.25) is 0 Å². The Balaban J connectivity index is 2.04. The van der Waals surface area contributed by atoms with E-state index in [1.54, 1.807) is 13.2 Å². The lowest BCUT2D eigenvalue weighted by Gasteiger charge is -2.41. The second-order valence-corrected chi connectivity index (χ2v) is 4.79. The zero-order valence-corrected chi connectivity index (χ0v) is 10.6. The van der Waals surface area contributed by atoms with Crippen LogP contribution in [0.1, 0.15) is 30.4 Å². The molecule has 0 saturated heterocycles. The van der Waals surface area contributed by atoms with E-state index in [1.165, 1.54) is 6.42 Å². The molecule has 0 amide bonds. The number of nitrogens with zero attached hydrogens (tertiary/aromatic N) is 1. The Labute approximate surface area is 107 Å². The van der Waals surface area contributed by atoms with Gasteiger partial charge in [-0.25, -0.2) is 0 Å².